The zero-order valence-electron chi connectivity index (χ0n) is 11.8. The SMILES string of the molecule is O=C(O)[C@H]1CCCN1S(=O)(=O)c1csc(-c2ccc(Cl)cc2)n1. The van der Waals surface area contributed by atoms with Crippen LogP contribution < -0.4 is 0 Å². The number of thiazole rings is 1. The fourth-order valence-electron chi connectivity index (χ4n) is 2.50. The minimum Gasteiger partial charge on any atom is -0.480 e. The highest BCUT2D eigenvalue weighted by molar-refractivity contribution is 7.89. The number of carboxylic acids is 1. The normalized spacial score (nSPS) is 19.1. The summed E-state index contributed by atoms with van der Waals surface area (Å²) in [5.74, 6) is -1.13. The van der Waals surface area contributed by atoms with Crippen LogP contribution in [-0.2, 0) is 14.8 Å². The van der Waals surface area contributed by atoms with Crippen molar-refractivity contribution in [3.63, 3.8) is 0 Å². The van der Waals surface area contributed by atoms with E-state index in [2.05, 4.69) is 4.98 Å². The van der Waals surface area contributed by atoms with Gasteiger partial charge in [0.1, 0.15) is 11.0 Å². The second-order valence-corrected chi connectivity index (χ2v) is 8.24. The van der Waals surface area contributed by atoms with E-state index in [0.717, 1.165) is 9.87 Å². The van der Waals surface area contributed by atoms with Gasteiger partial charge in [0, 0.05) is 22.5 Å². The average molecular weight is 373 g/mol. The predicted octanol–water partition coefficient (Wildman–Crippen LogP) is 2.70. The molecule has 1 aliphatic heterocycles. The van der Waals surface area contributed by atoms with E-state index in [1.807, 2.05) is 0 Å². The number of aromatic nitrogens is 1. The summed E-state index contributed by atoms with van der Waals surface area (Å²) in [6, 6.07) is 5.91. The number of aliphatic carboxylic acids is 1. The van der Waals surface area contributed by atoms with Gasteiger partial charge in [0.15, 0.2) is 5.03 Å². The van der Waals surface area contributed by atoms with Crippen molar-refractivity contribution in [2.24, 2.45) is 0 Å². The molecule has 3 rings (SSSR count). The van der Waals surface area contributed by atoms with Crippen LogP contribution >= 0.6 is 22.9 Å². The maximum Gasteiger partial charge on any atom is 0.322 e. The molecular formula is C14H13ClN2O4S2. The number of halogens is 1. The Kier molecular flexibility index (Phi) is 4.41. The first-order valence-corrected chi connectivity index (χ1v) is 9.55. The fraction of sp³-hybridized carbons (Fsp3) is 0.286. The Hall–Kier alpha value is -1.48. The summed E-state index contributed by atoms with van der Waals surface area (Å²) in [6.45, 7) is 0.201. The molecule has 23 heavy (non-hydrogen) atoms. The van der Waals surface area contributed by atoms with E-state index < -0.39 is 22.0 Å². The Bertz CT molecular complexity index is 833. The molecule has 122 valence electrons. The van der Waals surface area contributed by atoms with Crippen LogP contribution in [0.25, 0.3) is 10.6 Å². The first-order chi connectivity index (χ1) is 10.9. The number of nitrogens with zero attached hydrogens (tertiary/aromatic N) is 2. The number of hydrogen-bond donors (Lipinski definition) is 1. The number of benzene rings is 1. The van der Waals surface area contributed by atoms with Gasteiger partial charge < -0.3 is 5.11 Å². The maximum atomic E-state index is 12.6. The number of rotatable bonds is 4. The molecular weight excluding hydrogens is 360 g/mol. The lowest BCUT2D eigenvalue weighted by molar-refractivity contribution is -0.140. The first kappa shape index (κ1) is 16.4. The highest BCUT2D eigenvalue weighted by atomic mass is 35.5. The molecule has 0 saturated carbocycles. The summed E-state index contributed by atoms with van der Waals surface area (Å²) in [4.78, 5) is 15.4. The lowest BCUT2D eigenvalue weighted by Gasteiger charge is -2.19. The largest absolute Gasteiger partial charge is 0.480 e. The molecule has 0 radical (unpaired) electrons. The summed E-state index contributed by atoms with van der Waals surface area (Å²) in [5.41, 5.74) is 0.761. The van der Waals surface area contributed by atoms with E-state index >= 15 is 0 Å². The highest BCUT2D eigenvalue weighted by Crippen LogP contribution is 2.30. The lowest BCUT2D eigenvalue weighted by atomic mass is 10.2. The Morgan fingerprint density at radius 1 is 1.35 bits per heavy atom. The molecule has 1 aromatic carbocycles. The van der Waals surface area contributed by atoms with Crippen LogP contribution in [0.3, 0.4) is 0 Å². The van der Waals surface area contributed by atoms with Gasteiger partial charge in [-0.05, 0) is 25.0 Å². The molecule has 2 heterocycles. The molecule has 1 atom stereocenters. The van der Waals surface area contributed by atoms with Gasteiger partial charge in [-0.15, -0.1) is 11.3 Å². The van der Waals surface area contributed by atoms with Crippen LogP contribution in [0.2, 0.25) is 5.02 Å². The van der Waals surface area contributed by atoms with Crippen LogP contribution in [0.4, 0.5) is 0 Å². The van der Waals surface area contributed by atoms with Crippen LogP contribution in [-0.4, -0.2) is 41.4 Å². The number of sulfonamides is 1. The van der Waals surface area contributed by atoms with E-state index in [1.165, 1.54) is 16.7 Å². The van der Waals surface area contributed by atoms with Crippen molar-refractivity contribution in [3.05, 3.63) is 34.7 Å². The van der Waals surface area contributed by atoms with Crippen LogP contribution in [0, 0.1) is 0 Å². The summed E-state index contributed by atoms with van der Waals surface area (Å²) in [5, 5.41) is 11.6. The summed E-state index contributed by atoms with van der Waals surface area (Å²) >= 11 is 7.03. The topological polar surface area (TPSA) is 87.6 Å². The van der Waals surface area contributed by atoms with Gasteiger partial charge in [-0.2, -0.15) is 4.31 Å². The molecule has 9 heteroatoms. The Labute approximate surface area is 142 Å². The average Bonchev–Trinajstić information content (AvgIpc) is 3.18. The molecule has 1 saturated heterocycles. The molecule has 1 N–H and O–H groups in total. The molecule has 1 aliphatic rings. The molecule has 0 bridgehead atoms. The van der Waals surface area contributed by atoms with Crippen molar-refractivity contribution in [3.8, 4) is 10.6 Å². The molecule has 0 aliphatic carbocycles. The number of hydrogen-bond acceptors (Lipinski definition) is 5. The van der Waals surface area contributed by atoms with Gasteiger partial charge in [0.2, 0.25) is 0 Å². The van der Waals surface area contributed by atoms with E-state index in [-0.39, 0.29) is 11.6 Å². The van der Waals surface area contributed by atoms with Gasteiger partial charge in [0.25, 0.3) is 10.0 Å². The Balaban J connectivity index is 1.92. The third-order valence-corrected chi connectivity index (χ3v) is 6.72. The van der Waals surface area contributed by atoms with Crippen LogP contribution in [0.5, 0.6) is 0 Å². The zero-order chi connectivity index (χ0) is 16.6. The second-order valence-electron chi connectivity index (χ2n) is 5.11. The minimum absolute atomic E-state index is 0.111. The van der Waals surface area contributed by atoms with Crippen molar-refractivity contribution in [1.29, 1.82) is 0 Å². The van der Waals surface area contributed by atoms with Crippen molar-refractivity contribution < 1.29 is 18.3 Å². The fourth-order valence-corrected chi connectivity index (χ4v) is 5.35. The smallest absolute Gasteiger partial charge is 0.322 e. The molecule has 0 spiro atoms. The maximum absolute atomic E-state index is 12.6. The summed E-state index contributed by atoms with van der Waals surface area (Å²) in [6.07, 6.45) is 0.854. The van der Waals surface area contributed by atoms with Gasteiger partial charge >= 0.3 is 5.97 Å². The van der Waals surface area contributed by atoms with Gasteiger partial charge in [-0.25, -0.2) is 13.4 Å². The molecule has 2 aromatic rings. The minimum atomic E-state index is -3.90. The molecule has 0 unspecified atom stereocenters. The van der Waals surface area contributed by atoms with Crippen LogP contribution in [0.1, 0.15) is 12.8 Å². The van der Waals surface area contributed by atoms with Crippen LogP contribution in [0.15, 0.2) is 34.7 Å². The third-order valence-electron chi connectivity index (χ3n) is 3.64. The third kappa shape index (κ3) is 3.12. The van der Waals surface area contributed by atoms with Crippen molar-refractivity contribution in [2.75, 3.05) is 6.54 Å². The monoisotopic (exact) mass is 372 g/mol. The van der Waals surface area contributed by atoms with E-state index in [9.17, 15) is 13.2 Å². The summed E-state index contributed by atoms with van der Waals surface area (Å²) in [7, 11) is -3.90. The second kappa shape index (κ2) is 6.20. The standard InChI is InChI=1S/C14H13ClN2O4S2/c15-10-5-3-9(4-6-10)13-16-12(8-22-13)23(20,21)17-7-1-2-11(17)14(18)19/h3-6,8,11H,1-2,7H2,(H,18,19)/t11-/m1/s1. The van der Waals surface area contributed by atoms with E-state index in [1.54, 1.807) is 24.3 Å². The van der Waals surface area contributed by atoms with E-state index in [4.69, 9.17) is 16.7 Å². The molecule has 6 nitrogen and oxygen atoms in total. The van der Waals surface area contributed by atoms with Gasteiger partial charge in [-0.1, -0.05) is 23.7 Å². The Morgan fingerprint density at radius 2 is 2.04 bits per heavy atom. The summed E-state index contributed by atoms with van der Waals surface area (Å²) < 4.78 is 26.3. The molecule has 1 fully saturated rings. The lowest BCUT2D eigenvalue weighted by Crippen LogP contribution is -2.40. The molecule has 0 amide bonds. The van der Waals surface area contributed by atoms with E-state index in [0.29, 0.717) is 22.9 Å². The quantitative estimate of drug-likeness (QED) is 0.891. The van der Waals surface area contributed by atoms with Gasteiger partial charge in [0.05, 0.1) is 0 Å². The van der Waals surface area contributed by atoms with Crippen molar-refractivity contribution in [2.45, 2.75) is 23.9 Å². The zero-order valence-corrected chi connectivity index (χ0v) is 14.2. The number of carbonyl (C=O) groups is 1. The number of carboxylic acid groups (broad SMARTS) is 1. The van der Waals surface area contributed by atoms with Crippen molar-refractivity contribution in [1.82, 2.24) is 9.29 Å². The Morgan fingerprint density at radius 3 is 2.70 bits per heavy atom. The highest BCUT2D eigenvalue weighted by Gasteiger charge is 2.40. The first-order valence-electron chi connectivity index (χ1n) is 6.86. The molecule has 1 aromatic heterocycles. The van der Waals surface area contributed by atoms with Crippen molar-refractivity contribution >= 4 is 38.9 Å². The predicted molar refractivity (Wildman–Crippen MR) is 87.1 cm³/mol. The van der Waals surface area contributed by atoms with Gasteiger partial charge in [-0.3, -0.25) is 4.79 Å².